The van der Waals surface area contributed by atoms with Crippen LogP contribution in [0.1, 0.15) is 32.8 Å². The van der Waals surface area contributed by atoms with Gasteiger partial charge in [0.1, 0.15) is 11.6 Å². The first-order chi connectivity index (χ1) is 9.74. The molecular weight excluding hydrogens is 272 g/mol. The Balaban J connectivity index is 2.05. The van der Waals surface area contributed by atoms with Gasteiger partial charge >= 0.3 is 12.1 Å². The summed E-state index contributed by atoms with van der Waals surface area (Å²) < 4.78 is 5.19. The van der Waals surface area contributed by atoms with Crippen molar-refractivity contribution < 1.29 is 19.4 Å². The molecule has 0 radical (unpaired) electrons. The number of carbonyl (C=O) groups is 2. The molecule has 3 N–H and O–H groups in total. The van der Waals surface area contributed by atoms with Crippen LogP contribution < -0.4 is 10.6 Å². The molecule has 6 nitrogen and oxygen atoms in total. The van der Waals surface area contributed by atoms with Crippen molar-refractivity contribution in [2.45, 2.75) is 45.3 Å². The highest BCUT2D eigenvalue weighted by Gasteiger charge is 2.23. The van der Waals surface area contributed by atoms with Gasteiger partial charge in [-0.1, -0.05) is 0 Å². The lowest BCUT2D eigenvalue weighted by molar-refractivity contribution is -0.138. The van der Waals surface area contributed by atoms with Gasteiger partial charge in [-0.15, -0.1) is 0 Å². The maximum absolute atomic E-state index is 11.7. The van der Waals surface area contributed by atoms with E-state index in [0.717, 1.165) is 11.3 Å². The molecule has 0 saturated carbocycles. The molecule has 1 aromatic rings. The van der Waals surface area contributed by atoms with E-state index >= 15 is 0 Å². The number of carboxylic acid groups (broad SMARTS) is 1. The molecular formula is C15H20N2O4. The maximum Gasteiger partial charge on any atom is 0.412 e. The van der Waals surface area contributed by atoms with E-state index in [-0.39, 0.29) is 0 Å². The molecule has 0 aromatic heterocycles. The first kappa shape index (κ1) is 15.2. The third-order valence-electron chi connectivity index (χ3n) is 3.08. The zero-order valence-corrected chi connectivity index (χ0v) is 12.4. The van der Waals surface area contributed by atoms with Crippen molar-refractivity contribution in [1.82, 2.24) is 0 Å². The van der Waals surface area contributed by atoms with Gasteiger partial charge in [-0.2, -0.15) is 0 Å². The molecule has 21 heavy (non-hydrogen) atoms. The number of benzene rings is 1. The summed E-state index contributed by atoms with van der Waals surface area (Å²) in [5, 5.41) is 14.7. The van der Waals surface area contributed by atoms with E-state index in [1.165, 1.54) is 0 Å². The lowest BCUT2D eigenvalue weighted by atomic mass is 9.97. The zero-order chi connectivity index (χ0) is 15.6. The Morgan fingerprint density at radius 2 is 2.10 bits per heavy atom. The lowest BCUT2D eigenvalue weighted by Crippen LogP contribution is -2.33. The van der Waals surface area contributed by atoms with Crippen LogP contribution >= 0.6 is 0 Å². The smallest absolute Gasteiger partial charge is 0.412 e. The van der Waals surface area contributed by atoms with Gasteiger partial charge in [0.25, 0.3) is 0 Å². The molecule has 0 aliphatic carbocycles. The third-order valence-corrected chi connectivity index (χ3v) is 3.08. The Hall–Kier alpha value is -2.24. The molecule has 1 aliphatic rings. The molecule has 0 saturated heterocycles. The van der Waals surface area contributed by atoms with Crippen LogP contribution in [0.2, 0.25) is 0 Å². The van der Waals surface area contributed by atoms with Crippen molar-refractivity contribution in [2.75, 3.05) is 10.6 Å². The minimum Gasteiger partial charge on any atom is -0.480 e. The van der Waals surface area contributed by atoms with E-state index in [2.05, 4.69) is 10.6 Å². The van der Waals surface area contributed by atoms with Crippen molar-refractivity contribution >= 4 is 23.4 Å². The largest absolute Gasteiger partial charge is 0.480 e. The number of nitrogens with one attached hydrogen (secondary N) is 2. The number of anilines is 2. The van der Waals surface area contributed by atoms with Gasteiger partial charge in [0.05, 0.1) is 0 Å². The van der Waals surface area contributed by atoms with Crippen LogP contribution in [0.3, 0.4) is 0 Å². The summed E-state index contributed by atoms with van der Waals surface area (Å²) >= 11 is 0. The molecule has 2 rings (SSSR count). The summed E-state index contributed by atoms with van der Waals surface area (Å²) in [6.07, 6.45) is 0.677. The molecule has 6 heteroatoms. The van der Waals surface area contributed by atoms with Gasteiger partial charge in [-0.25, -0.2) is 9.59 Å². The molecule has 0 fully saturated rings. The second kappa shape index (κ2) is 5.63. The summed E-state index contributed by atoms with van der Waals surface area (Å²) in [4.78, 5) is 22.7. The molecule has 1 amide bonds. The number of rotatable bonds is 2. The number of carbonyl (C=O) groups excluding carboxylic acids is 1. The van der Waals surface area contributed by atoms with Crippen molar-refractivity contribution in [3.63, 3.8) is 0 Å². The molecule has 1 aromatic carbocycles. The van der Waals surface area contributed by atoms with Crippen LogP contribution in [0.4, 0.5) is 16.2 Å². The van der Waals surface area contributed by atoms with E-state index in [1.54, 1.807) is 32.9 Å². The highest BCUT2D eigenvalue weighted by Crippen LogP contribution is 2.28. The van der Waals surface area contributed by atoms with E-state index in [1.807, 2.05) is 6.07 Å². The average molecular weight is 292 g/mol. The third kappa shape index (κ3) is 4.11. The monoisotopic (exact) mass is 292 g/mol. The van der Waals surface area contributed by atoms with Crippen LogP contribution in [0.25, 0.3) is 0 Å². The Morgan fingerprint density at radius 1 is 1.38 bits per heavy atom. The molecule has 0 unspecified atom stereocenters. The van der Waals surface area contributed by atoms with Crippen LogP contribution in [0.15, 0.2) is 18.2 Å². The van der Waals surface area contributed by atoms with Gasteiger partial charge < -0.3 is 15.2 Å². The van der Waals surface area contributed by atoms with Gasteiger partial charge in [-0.05, 0) is 57.4 Å². The number of hydrogen-bond donors (Lipinski definition) is 3. The van der Waals surface area contributed by atoms with Crippen molar-refractivity contribution in [3.8, 4) is 0 Å². The first-order valence-electron chi connectivity index (χ1n) is 6.87. The highest BCUT2D eigenvalue weighted by atomic mass is 16.6. The van der Waals surface area contributed by atoms with Crippen molar-refractivity contribution in [2.24, 2.45) is 0 Å². The predicted molar refractivity (Wildman–Crippen MR) is 79.7 cm³/mol. The van der Waals surface area contributed by atoms with Gasteiger partial charge in [0.2, 0.25) is 0 Å². The van der Waals surface area contributed by atoms with Crippen LogP contribution in [-0.4, -0.2) is 28.8 Å². The SMILES string of the molecule is CC(C)(C)OC(=O)Nc1ccc2c(c1)CC[C@H](C(=O)O)N2. The topological polar surface area (TPSA) is 87.7 Å². The maximum atomic E-state index is 11.7. The minimum absolute atomic E-state index is 0.505. The second-order valence-electron chi connectivity index (χ2n) is 6.07. The Labute approximate surface area is 123 Å². The minimum atomic E-state index is -0.850. The number of aliphatic carboxylic acids is 1. The first-order valence-corrected chi connectivity index (χ1v) is 6.87. The van der Waals surface area contributed by atoms with Crippen LogP contribution in [0.5, 0.6) is 0 Å². The Bertz CT molecular complexity index is 563. The molecule has 1 aliphatic heterocycles. The molecule has 1 atom stereocenters. The summed E-state index contributed by atoms with van der Waals surface area (Å²) in [7, 11) is 0. The second-order valence-corrected chi connectivity index (χ2v) is 6.07. The van der Waals surface area contributed by atoms with Crippen LogP contribution in [0, 0.1) is 0 Å². The van der Waals surface area contributed by atoms with Gasteiger partial charge in [0, 0.05) is 11.4 Å². The normalized spacial score (nSPS) is 17.4. The molecule has 0 bridgehead atoms. The van der Waals surface area contributed by atoms with Crippen LogP contribution in [-0.2, 0) is 16.0 Å². The fourth-order valence-electron chi connectivity index (χ4n) is 2.19. The molecule has 0 spiro atoms. The van der Waals surface area contributed by atoms with E-state index in [4.69, 9.17) is 9.84 Å². The summed E-state index contributed by atoms with van der Waals surface area (Å²) in [6, 6.07) is 4.78. The van der Waals surface area contributed by atoms with Crippen molar-refractivity contribution in [1.29, 1.82) is 0 Å². The van der Waals surface area contributed by atoms with Gasteiger partial charge in [-0.3, -0.25) is 5.32 Å². The Kier molecular flexibility index (Phi) is 4.06. The number of amides is 1. The summed E-state index contributed by atoms with van der Waals surface area (Å²) in [5.74, 6) is -0.850. The number of fused-ring (bicyclic) bond motifs is 1. The fourth-order valence-corrected chi connectivity index (χ4v) is 2.19. The number of carboxylic acids is 1. The quantitative estimate of drug-likeness (QED) is 0.780. The molecule has 114 valence electrons. The highest BCUT2D eigenvalue weighted by molar-refractivity contribution is 5.86. The lowest BCUT2D eigenvalue weighted by Gasteiger charge is -2.25. The molecule has 1 heterocycles. The summed E-state index contributed by atoms with van der Waals surface area (Å²) in [5.41, 5.74) is 1.87. The zero-order valence-electron chi connectivity index (χ0n) is 12.4. The summed E-state index contributed by atoms with van der Waals surface area (Å²) in [6.45, 7) is 5.40. The predicted octanol–water partition coefficient (Wildman–Crippen LogP) is 2.84. The van der Waals surface area contributed by atoms with E-state index < -0.39 is 23.7 Å². The van der Waals surface area contributed by atoms with E-state index in [0.29, 0.717) is 18.5 Å². The average Bonchev–Trinajstić information content (AvgIpc) is 2.35. The number of aryl methyl sites for hydroxylation is 1. The van der Waals surface area contributed by atoms with E-state index in [9.17, 15) is 9.59 Å². The fraction of sp³-hybridized carbons (Fsp3) is 0.467. The standard InChI is InChI=1S/C15H20N2O4/c1-15(2,3)21-14(20)16-10-5-7-11-9(8-10)4-6-12(17-11)13(18)19/h5,7-8,12,17H,4,6H2,1-3H3,(H,16,20)(H,18,19)/t12-/m1/s1. The Morgan fingerprint density at radius 3 is 2.71 bits per heavy atom. The van der Waals surface area contributed by atoms with Gasteiger partial charge in [0.15, 0.2) is 0 Å². The number of hydrogen-bond acceptors (Lipinski definition) is 4. The number of ether oxygens (including phenoxy) is 1. The van der Waals surface area contributed by atoms with Crippen molar-refractivity contribution in [3.05, 3.63) is 23.8 Å².